The van der Waals surface area contributed by atoms with Crippen LogP contribution in [0.3, 0.4) is 0 Å². The Bertz CT molecular complexity index is 970. The molecule has 0 aliphatic carbocycles. The van der Waals surface area contributed by atoms with Gasteiger partial charge in [-0.25, -0.2) is 22.2 Å². The fourth-order valence-corrected chi connectivity index (χ4v) is 2.53. The molecule has 24 heavy (non-hydrogen) atoms. The number of pyridine rings is 1. The first-order chi connectivity index (χ1) is 12.4. The van der Waals surface area contributed by atoms with Crippen molar-refractivity contribution in [3.8, 4) is 0 Å². The van der Waals surface area contributed by atoms with Gasteiger partial charge < -0.3 is 10.6 Å². The second kappa shape index (κ2) is 6.83. The zero-order valence-electron chi connectivity index (χ0n) is 15.1. The Morgan fingerprint density at radius 1 is 1.38 bits per heavy atom. The average molecular weight is 360 g/mol. The number of amides is 1. The van der Waals surface area contributed by atoms with Crippen molar-refractivity contribution in [1.29, 1.82) is 0 Å². The van der Waals surface area contributed by atoms with E-state index in [1.54, 1.807) is 5.32 Å². The lowest BCUT2D eigenvalue weighted by Crippen LogP contribution is -2.22. The van der Waals surface area contributed by atoms with Gasteiger partial charge in [-0.1, -0.05) is 0 Å². The van der Waals surface area contributed by atoms with E-state index in [0.717, 1.165) is 12.3 Å². The predicted octanol–water partition coefficient (Wildman–Crippen LogP) is 1.32. The molecule has 8 nitrogen and oxygen atoms in total. The fraction of sp³-hybridized carbons (Fsp3) is 0.231. The SMILES string of the molecule is [2H]C([2H])([2H])NC(=O)c1nnc(C(F)F)cc1Nc1ncccc1S(C)(=O)=O. The van der Waals surface area contributed by atoms with Crippen LogP contribution in [-0.2, 0) is 9.84 Å². The monoisotopic (exact) mass is 360 g/mol. The number of hydrogen-bond donors (Lipinski definition) is 2. The molecule has 2 rings (SSSR count). The third-order valence-electron chi connectivity index (χ3n) is 2.79. The maximum absolute atomic E-state index is 12.9. The van der Waals surface area contributed by atoms with E-state index in [0.29, 0.717) is 0 Å². The first-order valence-electron chi connectivity index (χ1n) is 7.79. The highest BCUT2D eigenvalue weighted by Crippen LogP contribution is 2.26. The standard InChI is InChI=1S/C13H13F2N5O3S/c1-16-13(21)10-7(6-8(11(14)15)19-20-10)18-12-9(24(2,22)23)4-3-5-17-12/h3-6,11H,1-2H3,(H,16,21)(H,17,18,19)/i1D3. The number of aromatic nitrogens is 3. The third-order valence-corrected chi connectivity index (χ3v) is 3.92. The van der Waals surface area contributed by atoms with Gasteiger partial charge in [-0.2, -0.15) is 0 Å². The molecule has 0 spiro atoms. The topological polar surface area (TPSA) is 114 Å². The van der Waals surface area contributed by atoms with Crippen LogP contribution in [0.15, 0.2) is 29.3 Å². The van der Waals surface area contributed by atoms with Gasteiger partial charge in [0.25, 0.3) is 12.3 Å². The summed E-state index contributed by atoms with van der Waals surface area (Å²) in [5, 5.41) is 10.6. The van der Waals surface area contributed by atoms with Crippen molar-refractivity contribution in [2.75, 3.05) is 18.5 Å². The molecule has 0 aromatic carbocycles. The number of nitrogens with zero attached hydrogens (tertiary/aromatic N) is 3. The molecule has 2 N–H and O–H groups in total. The number of halogens is 2. The molecule has 2 aromatic rings. The molecule has 0 saturated heterocycles. The minimum Gasteiger partial charge on any atom is -0.354 e. The number of hydrogen-bond acceptors (Lipinski definition) is 7. The second-order valence-electron chi connectivity index (χ2n) is 4.53. The van der Waals surface area contributed by atoms with Gasteiger partial charge in [-0.15, -0.1) is 10.2 Å². The summed E-state index contributed by atoms with van der Waals surface area (Å²) in [6.07, 6.45) is -0.884. The molecule has 11 heteroatoms. The molecule has 1 amide bonds. The van der Waals surface area contributed by atoms with E-state index < -0.39 is 40.5 Å². The normalized spacial score (nSPS) is 13.8. The van der Waals surface area contributed by atoms with E-state index in [2.05, 4.69) is 20.5 Å². The molecular weight excluding hydrogens is 344 g/mol. The van der Waals surface area contributed by atoms with Gasteiger partial charge >= 0.3 is 0 Å². The van der Waals surface area contributed by atoms with Crippen LogP contribution < -0.4 is 10.6 Å². The summed E-state index contributed by atoms with van der Waals surface area (Å²) in [5.74, 6) is -1.47. The first-order valence-corrected chi connectivity index (χ1v) is 8.18. The van der Waals surface area contributed by atoms with Crippen molar-refractivity contribution in [3.05, 3.63) is 35.8 Å². The molecule has 0 aliphatic heterocycles. The van der Waals surface area contributed by atoms with E-state index >= 15 is 0 Å². The van der Waals surface area contributed by atoms with Crippen LogP contribution in [0.4, 0.5) is 20.3 Å². The summed E-state index contributed by atoms with van der Waals surface area (Å²) in [6.45, 7) is -2.86. The highest BCUT2D eigenvalue weighted by Gasteiger charge is 2.21. The molecule has 0 atom stereocenters. The number of carbonyl (C=O) groups is 1. The van der Waals surface area contributed by atoms with Gasteiger partial charge in [0.15, 0.2) is 15.5 Å². The minimum atomic E-state index is -3.74. The molecule has 0 aliphatic rings. The van der Waals surface area contributed by atoms with Crippen LogP contribution in [0.25, 0.3) is 0 Å². The van der Waals surface area contributed by atoms with Crippen LogP contribution in [-0.4, -0.2) is 42.7 Å². The Balaban J connectivity index is 2.55. The highest BCUT2D eigenvalue weighted by atomic mass is 32.2. The Morgan fingerprint density at radius 2 is 2.12 bits per heavy atom. The maximum atomic E-state index is 12.9. The predicted molar refractivity (Wildman–Crippen MR) is 81.0 cm³/mol. The van der Waals surface area contributed by atoms with Crippen molar-refractivity contribution in [2.45, 2.75) is 11.3 Å². The minimum absolute atomic E-state index is 0.254. The average Bonchev–Trinajstić information content (AvgIpc) is 2.52. The van der Waals surface area contributed by atoms with Crippen LogP contribution in [0.1, 0.15) is 26.7 Å². The van der Waals surface area contributed by atoms with Crippen molar-refractivity contribution in [3.63, 3.8) is 0 Å². The van der Waals surface area contributed by atoms with Crippen molar-refractivity contribution >= 4 is 27.2 Å². The number of anilines is 2. The van der Waals surface area contributed by atoms with Gasteiger partial charge in [0.05, 0.1) is 5.69 Å². The van der Waals surface area contributed by atoms with Crippen molar-refractivity contribution in [1.82, 2.24) is 20.5 Å². The first kappa shape index (κ1) is 13.7. The van der Waals surface area contributed by atoms with Crippen molar-refractivity contribution < 1.29 is 26.1 Å². The number of alkyl halides is 2. The lowest BCUT2D eigenvalue weighted by molar-refractivity contribution is 0.0956. The maximum Gasteiger partial charge on any atom is 0.282 e. The largest absolute Gasteiger partial charge is 0.354 e. The molecule has 2 heterocycles. The summed E-state index contributed by atoms with van der Waals surface area (Å²) in [7, 11) is -3.74. The van der Waals surface area contributed by atoms with Crippen LogP contribution in [0.5, 0.6) is 0 Å². The molecular formula is C13H13F2N5O3S. The third kappa shape index (κ3) is 3.79. The molecule has 0 fully saturated rings. The zero-order chi connectivity index (χ0) is 20.4. The van der Waals surface area contributed by atoms with Gasteiger partial charge in [0.2, 0.25) is 0 Å². The van der Waals surface area contributed by atoms with Gasteiger partial charge in [0, 0.05) is 23.5 Å². The van der Waals surface area contributed by atoms with E-state index in [1.807, 2.05) is 0 Å². The van der Waals surface area contributed by atoms with E-state index in [4.69, 9.17) is 4.11 Å². The molecule has 0 unspecified atom stereocenters. The summed E-state index contributed by atoms with van der Waals surface area (Å²) in [5.41, 5.74) is -1.81. The van der Waals surface area contributed by atoms with Crippen LogP contribution >= 0.6 is 0 Å². The number of carbonyl (C=O) groups excluding carboxylic acids is 1. The van der Waals surface area contributed by atoms with E-state index in [9.17, 15) is 22.0 Å². The van der Waals surface area contributed by atoms with Crippen LogP contribution in [0.2, 0.25) is 0 Å². The number of nitrogens with one attached hydrogen (secondary N) is 2. The van der Waals surface area contributed by atoms with E-state index in [1.165, 1.54) is 18.3 Å². The molecule has 128 valence electrons. The fourth-order valence-electron chi connectivity index (χ4n) is 1.75. The lowest BCUT2D eigenvalue weighted by Gasteiger charge is -2.12. The summed E-state index contributed by atoms with van der Waals surface area (Å²) < 4.78 is 70.7. The Kier molecular flexibility index (Phi) is 3.90. The van der Waals surface area contributed by atoms with E-state index in [-0.39, 0.29) is 16.4 Å². The Hall–Kier alpha value is -2.69. The highest BCUT2D eigenvalue weighted by molar-refractivity contribution is 7.90. The quantitative estimate of drug-likeness (QED) is 0.826. The van der Waals surface area contributed by atoms with Crippen molar-refractivity contribution in [2.24, 2.45) is 0 Å². The summed E-state index contributed by atoms with van der Waals surface area (Å²) in [6, 6.07) is 3.32. The molecule has 2 aromatic heterocycles. The lowest BCUT2D eigenvalue weighted by atomic mass is 10.2. The summed E-state index contributed by atoms with van der Waals surface area (Å²) in [4.78, 5) is 15.7. The Morgan fingerprint density at radius 3 is 2.75 bits per heavy atom. The summed E-state index contributed by atoms with van der Waals surface area (Å²) >= 11 is 0. The smallest absolute Gasteiger partial charge is 0.282 e. The molecule has 0 bridgehead atoms. The second-order valence-corrected chi connectivity index (χ2v) is 6.52. The zero-order valence-corrected chi connectivity index (χ0v) is 12.9. The van der Waals surface area contributed by atoms with Gasteiger partial charge in [0.1, 0.15) is 16.4 Å². The van der Waals surface area contributed by atoms with Crippen LogP contribution in [0, 0.1) is 0 Å². The number of sulfone groups is 1. The molecule has 0 saturated carbocycles. The molecule has 0 radical (unpaired) electrons. The Labute approximate surface area is 140 Å². The van der Waals surface area contributed by atoms with Gasteiger partial charge in [-0.3, -0.25) is 4.79 Å². The number of rotatable bonds is 5. The van der Waals surface area contributed by atoms with Gasteiger partial charge in [-0.05, 0) is 18.2 Å².